The van der Waals surface area contributed by atoms with Gasteiger partial charge in [0.1, 0.15) is 0 Å². The lowest BCUT2D eigenvalue weighted by molar-refractivity contribution is 0.174. The molecule has 2 unspecified atom stereocenters. The summed E-state index contributed by atoms with van der Waals surface area (Å²) in [5.74, 6) is 0. The van der Waals surface area contributed by atoms with Crippen LogP contribution in [0.2, 0.25) is 0 Å². The molecule has 3 nitrogen and oxygen atoms in total. The molecule has 1 N–H and O–H groups in total. The van der Waals surface area contributed by atoms with Gasteiger partial charge in [0.15, 0.2) is 0 Å². The van der Waals surface area contributed by atoms with Crippen LogP contribution in [0.4, 0.5) is 0 Å². The lowest BCUT2D eigenvalue weighted by atomic mass is 10.1. The minimum absolute atomic E-state index is 0.713. The Morgan fingerprint density at radius 2 is 2.07 bits per heavy atom. The minimum Gasteiger partial charge on any atom is -0.320 e. The van der Waals surface area contributed by atoms with Crippen molar-refractivity contribution in [2.45, 2.75) is 31.8 Å². The summed E-state index contributed by atoms with van der Waals surface area (Å²) in [6.45, 7) is 5.91. The zero-order valence-corrected chi connectivity index (χ0v) is 10.1. The highest BCUT2D eigenvalue weighted by molar-refractivity contribution is 4.81. The molecule has 1 fully saturated rings. The van der Waals surface area contributed by atoms with Gasteiger partial charge >= 0.3 is 0 Å². The van der Waals surface area contributed by atoms with E-state index in [0.717, 1.165) is 12.6 Å². The molecule has 14 heavy (non-hydrogen) atoms. The average Bonchev–Trinajstić information content (AvgIpc) is 2.29. The van der Waals surface area contributed by atoms with E-state index in [1.165, 1.54) is 25.9 Å². The highest BCUT2D eigenvalue weighted by Gasteiger charge is 2.24. The first-order chi connectivity index (χ1) is 6.65. The molecule has 1 aliphatic rings. The summed E-state index contributed by atoms with van der Waals surface area (Å²) >= 11 is 0. The van der Waals surface area contributed by atoms with Crippen LogP contribution in [0.15, 0.2) is 0 Å². The largest absolute Gasteiger partial charge is 0.320 e. The molecule has 1 heterocycles. The molecule has 0 bridgehead atoms. The number of rotatable bonds is 3. The molecule has 0 aromatic heterocycles. The fourth-order valence-corrected chi connectivity index (χ4v) is 2.16. The quantitative estimate of drug-likeness (QED) is 0.719. The summed E-state index contributed by atoms with van der Waals surface area (Å²) in [5.41, 5.74) is 0. The van der Waals surface area contributed by atoms with Crippen molar-refractivity contribution in [1.29, 1.82) is 0 Å². The van der Waals surface area contributed by atoms with Gasteiger partial charge in [-0.1, -0.05) is 0 Å². The topological polar surface area (TPSA) is 18.5 Å². The predicted octanol–water partition coefficient (Wildman–Crippen LogP) is 0.620. The van der Waals surface area contributed by atoms with Gasteiger partial charge in [-0.15, -0.1) is 0 Å². The van der Waals surface area contributed by atoms with Crippen LogP contribution in [0, 0.1) is 0 Å². The van der Waals surface area contributed by atoms with Crippen molar-refractivity contribution < 1.29 is 0 Å². The maximum absolute atomic E-state index is 3.24. The lowest BCUT2D eigenvalue weighted by Gasteiger charge is -2.31. The van der Waals surface area contributed by atoms with Gasteiger partial charge in [-0.25, -0.2) is 0 Å². The Bertz CT molecular complexity index is 161. The predicted molar refractivity (Wildman–Crippen MR) is 61.7 cm³/mol. The second kappa shape index (κ2) is 5.69. The second-order valence-electron chi connectivity index (χ2n) is 4.61. The van der Waals surface area contributed by atoms with E-state index in [4.69, 9.17) is 0 Å². The van der Waals surface area contributed by atoms with Gasteiger partial charge in [0.05, 0.1) is 0 Å². The molecule has 1 rings (SSSR count). The van der Waals surface area contributed by atoms with E-state index >= 15 is 0 Å². The number of hydrogen-bond acceptors (Lipinski definition) is 3. The Balaban J connectivity index is 2.49. The first-order valence-corrected chi connectivity index (χ1v) is 5.70. The standard InChI is InChI=1S/C11H25N3/c1-10-6-8-13(3)9-11(14(10)4)5-7-12-2/h10-12H,5-9H2,1-4H3. The number of likely N-dealkylation sites (N-methyl/N-ethyl adjacent to an activating group) is 2. The summed E-state index contributed by atoms with van der Waals surface area (Å²) in [7, 11) is 6.53. The van der Waals surface area contributed by atoms with E-state index in [1.807, 2.05) is 7.05 Å². The van der Waals surface area contributed by atoms with Gasteiger partial charge in [-0.05, 0) is 54.0 Å². The van der Waals surface area contributed by atoms with E-state index in [1.54, 1.807) is 0 Å². The van der Waals surface area contributed by atoms with Crippen LogP contribution in [0.25, 0.3) is 0 Å². The second-order valence-corrected chi connectivity index (χ2v) is 4.61. The average molecular weight is 199 g/mol. The molecule has 3 heteroatoms. The van der Waals surface area contributed by atoms with Gasteiger partial charge < -0.3 is 10.2 Å². The fraction of sp³-hybridized carbons (Fsp3) is 1.00. The number of nitrogens with one attached hydrogen (secondary N) is 1. The molecule has 0 spiro atoms. The Kier molecular flexibility index (Phi) is 4.85. The number of hydrogen-bond donors (Lipinski definition) is 1. The monoisotopic (exact) mass is 199 g/mol. The van der Waals surface area contributed by atoms with Crippen molar-refractivity contribution in [3.05, 3.63) is 0 Å². The lowest BCUT2D eigenvalue weighted by Crippen LogP contribution is -2.42. The molecule has 1 saturated heterocycles. The molecular weight excluding hydrogens is 174 g/mol. The van der Waals surface area contributed by atoms with E-state index < -0.39 is 0 Å². The van der Waals surface area contributed by atoms with E-state index in [0.29, 0.717) is 6.04 Å². The molecule has 0 aliphatic carbocycles. The van der Waals surface area contributed by atoms with E-state index in [9.17, 15) is 0 Å². The van der Waals surface area contributed by atoms with Gasteiger partial charge in [0.25, 0.3) is 0 Å². The number of nitrogens with zero attached hydrogens (tertiary/aromatic N) is 2. The molecule has 2 atom stereocenters. The van der Waals surface area contributed by atoms with Crippen LogP contribution in [-0.2, 0) is 0 Å². The Labute approximate surface area is 88.5 Å². The summed E-state index contributed by atoms with van der Waals surface area (Å²) in [6.07, 6.45) is 2.55. The van der Waals surface area contributed by atoms with Crippen molar-refractivity contribution >= 4 is 0 Å². The highest BCUT2D eigenvalue weighted by atomic mass is 15.2. The van der Waals surface area contributed by atoms with Crippen molar-refractivity contribution in [3.8, 4) is 0 Å². The van der Waals surface area contributed by atoms with E-state index in [2.05, 4.69) is 36.1 Å². The van der Waals surface area contributed by atoms with Crippen LogP contribution in [-0.4, -0.2) is 62.7 Å². The Hall–Kier alpha value is -0.120. The molecule has 1 aliphatic heterocycles. The van der Waals surface area contributed by atoms with Gasteiger partial charge in [-0.3, -0.25) is 4.90 Å². The normalized spacial score (nSPS) is 31.7. The third-order valence-electron chi connectivity index (χ3n) is 3.45. The molecule has 0 amide bonds. The highest BCUT2D eigenvalue weighted by Crippen LogP contribution is 2.14. The Morgan fingerprint density at radius 1 is 1.36 bits per heavy atom. The molecule has 0 aromatic carbocycles. The zero-order valence-electron chi connectivity index (χ0n) is 10.1. The SMILES string of the molecule is CNCCC1CN(C)CCC(C)N1C. The summed E-state index contributed by atoms with van der Waals surface area (Å²) in [5, 5.41) is 3.24. The summed E-state index contributed by atoms with van der Waals surface area (Å²) in [6, 6.07) is 1.44. The maximum Gasteiger partial charge on any atom is 0.0234 e. The summed E-state index contributed by atoms with van der Waals surface area (Å²) in [4.78, 5) is 5.00. The van der Waals surface area contributed by atoms with Gasteiger partial charge in [0.2, 0.25) is 0 Å². The van der Waals surface area contributed by atoms with Crippen molar-refractivity contribution in [2.24, 2.45) is 0 Å². The molecular formula is C11H25N3. The minimum atomic E-state index is 0.713. The van der Waals surface area contributed by atoms with Crippen LogP contribution < -0.4 is 5.32 Å². The van der Waals surface area contributed by atoms with Gasteiger partial charge in [0, 0.05) is 18.6 Å². The van der Waals surface area contributed by atoms with Crippen LogP contribution in [0.5, 0.6) is 0 Å². The van der Waals surface area contributed by atoms with Crippen LogP contribution in [0.1, 0.15) is 19.8 Å². The smallest absolute Gasteiger partial charge is 0.0234 e. The van der Waals surface area contributed by atoms with Crippen LogP contribution in [0.3, 0.4) is 0 Å². The molecule has 0 aromatic rings. The molecule has 0 saturated carbocycles. The first kappa shape index (κ1) is 12.0. The van der Waals surface area contributed by atoms with Crippen molar-refractivity contribution in [2.75, 3.05) is 40.8 Å². The van der Waals surface area contributed by atoms with E-state index in [-0.39, 0.29) is 0 Å². The van der Waals surface area contributed by atoms with Crippen LogP contribution >= 0.6 is 0 Å². The fourth-order valence-electron chi connectivity index (χ4n) is 2.16. The third-order valence-corrected chi connectivity index (χ3v) is 3.45. The zero-order chi connectivity index (χ0) is 10.6. The summed E-state index contributed by atoms with van der Waals surface area (Å²) < 4.78 is 0. The maximum atomic E-state index is 3.24. The third kappa shape index (κ3) is 3.23. The molecule has 0 radical (unpaired) electrons. The van der Waals surface area contributed by atoms with Gasteiger partial charge in [-0.2, -0.15) is 0 Å². The van der Waals surface area contributed by atoms with Crippen molar-refractivity contribution in [1.82, 2.24) is 15.1 Å². The molecule has 84 valence electrons. The first-order valence-electron chi connectivity index (χ1n) is 5.70. The Morgan fingerprint density at radius 3 is 2.71 bits per heavy atom. The van der Waals surface area contributed by atoms with Crippen molar-refractivity contribution in [3.63, 3.8) is 0 Å².